The van der Waals surface area contributed by atoms with Crippen LogP contribution in [0.1, 0.15) is 21.7 Å². The molecule has 2 aromatic rings. The molecule has 0 aliphatic heterocycles. The molecule has 0 radical (unpaired) electrons. The molecule has 0 aliphatic carbocycles. The summed E-state index contributed by atoms with van der Waals surface area (Å²) in [6, 6.07) is 8.95. The molecule has 1 heterocycles. The first-order chi connectivity index (χ1) is 9.45. The highest BCUT2D eigenvalue weighted by atomic mass is 16.5. The molecule has 0 fully saturated rings. The Bertz CT molecular complexity index is 685. The van der Waals surface area contributed by atoms with Crippen molar-refractivity contribution < 1.29 is 19.4 Å². The van der Waals surface area contributed by atoms with Crippen LogP contribution in [0.15, 0.2) is 30.3 Å². The smallest absolute Gasteiger partial charge is 0.377 e. The van der Waals surface area contributed by atoms with Gasteiger partial charge >= 0.3 is 5.97 Å². The Hall–Kier alpha value is -2.56. The number of nitrogens with zero attached hydrogens (tertiary/aromatic N) is 1. The van der Waals surface area contributed by atoms with Crippen LogP contribution in [-0.4, -0.2) is 28.5 Å². The molecule has 0 aliphatic rings. The number of carboxylic acids is 1. The second-order valence-electron chi connectivity index (χ2n) is 4.46. The van der Waals surface area contributed by atoms with Gasteiger partial charge in [-0.3, -0.25) is 4.79 Å². The molecule has 2 rings (SSSR count). The number of methoxy groups -OCH3 is 1. The number of carbonyl (C=O) groups excluding carboxylic acids is 1. The summed E-state index contributed by atoms with van der Waals surface area (Å²) >= 11 is 0. The van der Waals surface area contributed by atoms with Crippen molar-refractivity contribution in [3.05, 3.63) is 47.3 Å². The summed E-state index contributed by atoms with van der Waals surface area (Å²) in [7, 11) is 1.58. The monoisotopic (exact) mass is 273 g/mol. The highest BCUT2D eigenvalue weighted by molar-refractivity contribution is 6.40. The number of Topliss-reactive ketones (excluding diaryl/α,β-unsaturated/α-hetero) is 1. The Morgan fingerprint density at radius 1 is 1.20 bits per heavy atom. The Morgan fingerprint density at radius 3 is 2.50 bits per heavy atom. The molecule has 1 N–H and O–H groups in total. The average molecular weight is 273 g/mol. The molecule has 0 bridgehead atoms. The molecular formula is C15H15NO4. The fourth-order valence-corrected chi connectivity index (χ4v) is 2.25. The molecule has 5 heteroatoms. The van der Waals surface area contributed by atoms with Crippen molar-refractivity contribution in [2.75, 3.05) is 7.11 Å². The van der Waals surface area contributed by atoms with Crippen molar-refractivity contribution in [2.45, 2.75) is 13.8 Å². The van der Waals surface area contributed by atoms with E-state index in [0.717, 1.165) is 11.4 Å². The van der Waals surface area contributed by atoms with Crippen LogP contribution in [0.25, 0.3) is 5.69 Å². The zero-order valence-electron chi connectivity index (χ0n) is 11.5. The van der Waals surface area contributed by atoms with E-state index in [4.69, 9.17) is 9.84 Å². The third kappa shape index (κ3) is 2.30. The molecule has 0 unspecified atom stereocenters. The Balaban J connectivity index is 2.58. The van der Waals surface area contributed by atoms with E-state index < -0.39 is 11.8 Å². The minimum Gasteiger partial charge on any atom is -0.497 e. The number of aromatic nitrogens is 1. The van der Waals surface area contributed by atoms with Gasteiger partial charge in [-0.25, -0.2) is 4.79 Å². The number of hydrogen-bond donors (Lipinski definition) is 1. The van der Waals surface area contributed by atoms with Crippen LogP contribution in [0.2, 0.25) is 0 Å². The van der Waals surface area contributed by atoms with Gasteiger partial charge in [-0.2, -0.15) is 0 Å². The highest BCUT2D eigenvalue weighted by Crippen LogP contribution is 2.24. The lowest BCUT2D eigenvalue weighted by atomic mass is 10.1. The predicted molar refractivity (Wildman–Crippen MR) is 73.8 cm³/mol. The van der Waals surface area contributed by atoms with E-state index in [9.17, 15) is 9.59 Å². The van der Waals surface area contributed by atoms with Crippen molar-refractivity contribution in [1.29, 1.82) is 0 Å². The summed E-state index contributed by atoms with van der Waals surface area (Å²) < 4.78 is 7.01. The van der Waals surface area contributed by atoms with Gasteiger partial charge < -0.3 is 14.4 Å². The molecule has 0 saturated heterocycles. The number of carboxylic acid groups (broad SMARTS) is 1. The summed E-state index contributed by atoms with van der Waals surface area (Å²) in [5.74, 6) is -1.65. The lowest BCUT2D eigenvalue weighted by Crippen LogP contribution is -2.13. The van der Waals surface area contributed by atoms with E-state index in [2.05, 4.69) is 0 Å². The molecular weight excluding hydrogens is 258 g/mol. The Kier molecular flexibility index (Phi) is 3.61. The van der Waals surface area contributed by atoms with Crippen LogP contribution >= 0.6 is 0 Å². The molecule has 0 atom stereocenters. The number of ketones is 1. The Morgan fingerprint density at radius 2 is 1.90 bits per heavy atom. The fourth-order valence-electron chi connectivity index (χ4n) is 2.25. The molecule has 0 spiro atoms. The second kappa shape index (κ2) is 5.21. The van der Waals surface area contributed by atoms with Crippen molar-refractivity contribution in [2.24, 2.45) is 0 Å². The van der Waals surface area contributed by atoms with Crippen LogP contribution in [0, 0.1) is 13.8 Å². The summed E-state index contributed by atoms with van der Waals surface area (Å²) in [5, 5.41) is 8.83. The van der Waals surface area contributed by atoms with E-state index in [1.807, 2.05) is 35.8 Å². The third-order valence-corrected chi connectivity index (χ3v) is 3.18. The average Bonchev–Trinajstić information content (AvgIpc) is 2.73. The number of hydrogen-bond acceptors (Lipinski definition) is 3. The van der Waals surface area contributed by atoms with E-state index in [1.54, 1.807) is 20.1 Å². The van der Waals surface area contributed by atoms with Crippen molar-refractivity contribution in [1.82, 2.24) is 4.57 Å². The zero-order chi connectivity index (χ0) is 14.9. The van der Waals surface area contributed by atoms with Crippen LogP contribution in [0.4, 0.5) is 0 Å². The predicted octanol–water partition coefficient (Wildman–Crippen LogP) is 2.37. The van der Waals surface area contributed by atoms with Gasteiger partial charge in [0.2, 0.25) is 0 Å². The zero-order valence-corrected chi connectivity index (χ0v) is 11.5. The molecule has 0 saturated carbocycles. The van der Waals surface area contributed by atoms with Gasteiger partial charge in [0.15, 0.2) is 0 Å². The molecule has 0 amide bonds. The lowest BCUT2D eigenvalue weighted by Gasteiger charge is -2.11. The third-order valence-electron chi connectivity index (χ3n) is 3.18. The lowest BCUT2D eigenvalue weighted by molar-refractivity contribution is -0.131. The number of aryl methyl sites for hydroxylation is 1. The van der Waals surface area contributed by atoms with Gasteiger partial charge in [0.25, 0.3) is 5.78 Å². The number of aliphatic carboxylic acids is 1. The largest absolute Gasteiger partial charge is 0.497 e. The second-order valence-corrected chi connectivity index (χ2v) is 4.46. The van der Waals surface area contributed by atoms with Gasteiger partial charge in [-0.1, -0.05) is 6.07 Å². The van der Waals surface area contributed by atoms with E-state index >= 15 is 0 Å². The van der Waals surface area contributed by atoms with E-state index in [-0.39, 0.29) is 5.56 Å². The normalized spacial score (nSPS) is 10.3. The molecule has 20 heavy (non-hydrogen) atoms. The van der Waals surface area contributed by atoms with Gasteiger partial charge in [-0.05, 0) is 32.0 Å². The van der Waals surface area contributed by atoms with E-state index in [0.29, 0.717) is 11.4 Å². The molecule has 1 aromatic heterocycles. The van der Waals surface area contributed by atoms with Gasteiger partial charge in [-0.15, -0.1) is 0 Å². The van der Waals surface area contributed by atoms with Crippen molar-refractivity contribution in [3.63, 3.8) is 0 Å². The topological polar surface area (TPSA) is 68.5 Å². The summed E-state index contributed by atoms with van der Waals surface area (Å²) in [6.07, 6.45) is 0. The molecule has 1 aromatic carbocycles. The summed E-state index contributed by atoms with van der Waals surface area (Å²) in [6.45, 7) is 3.55. The van der Waals surface area contributed by atoms with Crippen LogP contribution < -0.4 is 4.74 Å². The SMILES string of the molecule is COc1cccc(-n2c(C)cc(C(=O)C(=O)O)c2C)c1. The number of benzene rings is 1. The quantitative estimate of drug-likeness (QED) is 0.686. The number of carbonyl (C=O) groups is 2. The number of ether oxygens (including phenoxy) is 1. The first-order valence-electron chi connectivity index (χ1n) is 6.06. The summed E-state index contributed by atoms with van der Waals surface area (Å²) in [4.78, 5) is 22.5. The maximum Gasteiger partial charge on any atom is 0.377 e. The van der Waals surface area contributed by atoms with Gasteiger partial charge in [0, 0.05) is 23.1 Å². The Labute approximate surface area is 116 Å². The van der Waals surface area contributed by atoms with Crippen LogP contribution in [0.3, 0.4) is 0 Å². The van der Waals surface area contributed by atoms with Crippen molar-refractivity contribution >= 4 is 11.8 Å². The fraction of sp³-hybridized carbons (Fsp3) is 0.200. The standard InChI is InChI=1S/C15H15NO4/c1-9-7-13(14(17)15(18)19)10(2)16(9)11-5-4-6-12(8-11)20-3/h4-8H,1-3H3,(H,18,19). The minimum absolute atomic E-state index is 0.206. The van der Waals surface area contributed by atoms with E-state index in [1.165, 1.54) is 0 Å². The van der Waals surface area contributed by atoms with Crippen LogP contribution in [-0.2, 0) is 4.79 Å². The minimum atomic E-state index is -1.45. The highest BCUT2D eigenvalue weighted by Gasteiger charge is 2.21. The van der Waals surface area contributed by atoms with Crippen molar-refractivity contribution in [3.8, 4) is 11.4 Å². The van der Waals surface area contributed by atoms with Crippen LogP contribution in [0.5, 0.6) is 5.75 Å². The van der Waals surface area contributed by atoms with Gasteiger partial charge in [0.05, 0.1) is 12.7 Å². The summed E-state index contributed by atoms with van der Waals surface area (Å²) in [5.41, 5.74) is 2.42. The number of rotatable bonds is 4. The van der Waals surface area contributed by atoms with Gasteiger partial charge in [0.1, 0.15) is 5.75 Å². The first-order valence-corrected chi connectivity index (χ1v) is 6.06. The molecule has 104 valence electrons. The maximum atomic E-state index is 11.6. The molecule has 5 nitrogen and oxygen atoms in total. The maximum absolute atomic E-state index is 11.6. The first kappa shape index (κ1) is 13.9.